The standard InChI is InChI=1S/C20H31N3O4/c1-6-16(10-11-22-19(24)27-20(3,4)5)23-13-12-21-18(23)15(2)26-17-9-7-8-14-25-17/h1,12-13,15-17H,7-11,14H2,2-5H3,(H,22,24)/t15-,16-,17?/m0/s1. The molecule has 1 amide bonds. The van der Waals surface area contributed by atoms with Crippen LogP contribution in [0.4, 0.5) is 4.79 Å². The number of nitrogens with zero attached hydrogens (tertiary/aromatic N) is 2. The van der Waals surface area contributed by atoms with Crippen LogP contribution in [0.3, 0.4) is 0 Å². The molecule has 1 fully saturated rings. The number of hydrogen-bond acceptors (Lipinski definition) is 5. The Morgan fingerprint density at radius 3 is 2.93 bits per heavy atom. The van der Waals surface area contributed by atoms with Crippen molar-refractivity contribution in [1.29, 1.82) is 0 Å². The summed E-state index contributed by atoms with van der Waals surface area (Å²) in [5, 5.41) is 2.74. The van der Waals surface area contributed by atoms with Gasteiger partial charge < -0.3 is 24.1 Å². The summed E-state index contributed by atoms with van der Waals surface area (Å²) >= 11 is 0. The van der Waals surface area contributed by atoms with Gasteiger partial charge in [-0.15, -0.1) is 6.42 Å². The first-order valence-electron chi connectivity index (χ1n) is 9.53. The molecule has 0 bridgehead atoms. The first-order chi connectivity index (χ1) is 12.8. The van der Waals surface area contributed by atoms with E-state index in [1.807, 2.05) is 38.5 Å². The van der Waals surface area contributed by atoms with E-state index in [2.05, 4.69) is 16.2 Å². The maximum Gasteiger partial charge on any atom is 0.407 e. The summed E-state index contributed by atoms with van der Waals surface area (Å²) in [6.45, 7) is 8.56. The summed E-state index contributed by atoms with van der Waals surface area (Å²) in [4.78, 5) is 16.2. The highest BCUT2D eigenvalue weighted by atomic mass is 16.7. The summed E-state index contributed by atoms with van der Waals surface area (Å²) in [5.41, 5.74) is -0.527. The van der Waals surface area contributed by atoms with Gasteiger partial charge in [-0.05, 0) is 53.4 Å². The number of carbonyl (C=O) groups excluding carboxylic acids is 1. The molecule has 0 aromatic carbocycles. The van der Waals surface area contributed by atoms with E-state index < -0.39 is 11.7 Å². The molecule has 27 heavy (non-hydrogen) atoms. The van der Waals surface area contributed by atoms with Crippen molar-refractivity contribution in [2.45, 2.75) is 77.4 Å². The maximum absolute atomic E-state index is 11.8. The lowest BCUT2D eigenvalue weighted by Crippen LogP contribution is -2.33. The Morgan fingerprint density at radius 2 is 2.30 bits per heavy atom. The fourth-order valence-electron chi connectivity index (χ4n) is 2.94. The van der Waals surface area contributed by atoms with Gasteiger partial charge in [0.1, 0.15) is 17.5 Å². The molecule has 1 aliphatic heterocycles. The number of imidazole rings is 1. The largest absolute Gasteiger partial charge is 0.444 e. The molecule has 0 spiro atoms. The van der Waals surface area contributed by atoms with Crippen molar-refractivity contribution in [2.75, 3.05) is 13.2 Å². The number of ether oxygens (including phenoxy) is 3. The molecule has 150 valence electrons. The third kappa shape index (κ3) is 6.89. The number of rotatable bonds is 7. The number of terminal acetylenes is 1. The summed E-state index contributed by atoms with van der Waals surface area (Å²) in [7, 11) is 0. The SMILES string of the molecule is C#C[C@@H](CCNC(=O)OC(C)(C)C)n1ccnc1[C@H](C)OC1CCCCO1. The first-order valence-corrected chi connectivity index (χ1v) is 9.53. The monoisotopic (exact) mass is 377 g/mol. The van der Waals surface area contributed by atoms with E-state index in [9.17, 15) is 4.79 Å². The van der Waals surface area contributed by atoms with Crippen molar-refractivity contribution >= 4 is 6.09 Å². The molecule has 2 heterocycles. The predicted molar refractivity (Wildman–Crippen MR) is 102 cm³/mol. The number of alkyl carbamates (subject to hydrolysis) is 1. The minimum absolute atomic E-state index is 0.197. The van der Waals surface area contributed by atoms with Crippen molar-refractivity contribution in [1.82, 2.24) is 14.9 Å². The quantitative estimate of drug-likeness (QED) is 0.735. The predicted octanol–water partition coefficient (Wildman–Crippen LogP) is 3.58. The van der Waals surface area contributed by atoms with Gasteiger partial charge in [-0.25, -0.2) is 9.78 Å². The molecule has 0 radical (unpaired) electrons. The molecule has 1 aromatic heterocycles. The third-order valence-electron chi connectivity index (χ3n) is 4.17. The lowest BCUT2D eigenvalue weighted by atomic mass is 10.2. The molecule has 7 nitrogen and oxygen atoms in total. The second kappa shape index (κ2) is 9.77. The van der Waals surface area contributed by atoms with E-state index in [0.717, 1.165) is 31.7 Å². The molecule has 1 unspecified atom stereocenters. The Balaban J connectivity index is 1.90. The fraction of sp³-hybridized carbons (Fsp3) is 0.700. The minimum atomic E-state index is -0.527. The van der Waals surface area contributed by atoms with Crippen LogP contribution in [0.25, 0.3) is 0 Å². The Kier molecular flexibility index (Phi) is 7.69. The molecular weight excluding hydrogens is 346 g/mol. The Labute approximate surface area is 161 Å². The normalized spacial score (nSPS) is 19.7. The highest BCUT2D eigenvalue weighted by Crippen LogP contribution is 2.25. The molecule has 1 aromatic rings. The topological polar surface area (TPSA) is 74.6 Å². The molecule has 1 saturated heterocycles. The smallest absolute Gasteiger partial charge is 0.407 e. The van der Waals surface area contributed by atoms with E-state index >= 15 is 0 Å². The number of carbonyl (C=O) groups is 1. The molecule has 2 rings (SSSR count). The lowest BCUT2D eigenvalue weighted by molar-refractivity contribution is -0.188. The van der Waals surface area contributed by atoms with E-state index in [1.54, 1.807) is 6.20 Å². The van der Waals surface area contributed by atoms with Crippen molar-refractivity contribution in [3.63, 3.8) is 0 Å². The van der Waals surface area contributed by atoms with Gasteiger partial charge in [0, 0.05) is 25.5 Å². The molecule has 1 aliphatic rings. The second-order valence-corrected chi connectivity index (χ2v) is 7.67. The first kappa shape index (κ1) is 21.3. The molecule has 0 saturated carbocycles. The summed E-state index contributed by atoms with van der Waals surface area (Å²) < 4.78 is 18.8. The number of aromatic nitrogens is 2. The zero-order valence-corrected chi connectivity index (χ0v) is 16.7. The van der Waals surface area contributed by atoms with Crippen LogP contribution in [0.15, 0.2) is 12.4 Å². The zero-order valence-electron chi connectivity index (χ0n) is 16.7. The molecule has 1 N–H and O–H groups in total. The van der Waals surface area contributed by atoms with Gasteiger partial charge in [0.2, 0.25) is 0 Å². The molecule has 3 atom stereocenters. The van der Waals surface area contributed by atoms with Gasteiger partial charge in [-0.2, -0.15) is 0 Å². The maximum atomic E-state index is 11.8. The van der Waals surface area contributed by atoms with Crippen LogP contribution >= 0.6 is 0 Å². The lowest BCUT2D eigenvalue weighted by Gasteiger charge is -2.27. The fourth-order valence-corrected chi connectivity index (χ4v) is 2.94. The van der Waals surface area contributed by atoms with Crippen LogP contribution in [-0.4, -0.2) is 40.7 Å². The van der Waals surface area contributed by atoms with Crippen LogP contribution < -0.4 is 5.32 Å². The third-order valence-corrected chi connectivity index (χ3v) is 4.17. The van der Waals surface area contributed by atoms with Crippen molar-refractivity contribution in [3.05, 3.63) is 18.2 Å². The van der Waals surface area contributed by atoms with Gasteiger partial charge >= 0.3 is 6.09 Å². The van der Waals surface area contributed by atoms with Gasteiger partial charge in [0.05, 0.1) is 6.04 Å². The van der Waals surface area contributed by atoms with E-state index in [-0.39, 0.29) is 18.4 Å². The Morgan fingerprint density at radius 1 is 1.52 bits per heavy atom. The number of nitrogens with one attached hydrogen (secondary N) is 1. The van der Waals surface area contributed by atoms with Crippen LogP contribution in [0, 0.1) is 12.3 Å². The summed E-state index contributed by atoms with van der Waals surface area (Å²) in [6.07, 6.45) is 12.0. The highest BCUT2D eigenvalue weighted by Gasteiger charge is 2.23. The summed E-state index contributed by atoms with van der Waals surface area (Å²) in [6, 6.07) is -0.240. The van der Waals surface area contributed by atoms with Gasteiger partial charge in [0.15, 0.2) is 6.29 Å². The minimum Gasteiger partial charge on any atom is -0.444 e. The Hall–Kier alpha value is -2.04. The van der Waals surface area contributed by atoms with Crippen LogP contribution in [0.5, 0.6) is 0 Å². The van der Waals surface area contributed by atoms with Crippen molar-refractivity contribution in [3.8, 4) is 12.3 Å². The van der Waals surface area contributed by atoms with Crippen molar-refractivity contribution < 1.29 is 19.0 Å². The number of amides is 1. The van der Waals surface area contributed by atoms with Gasteiger partial charge in [-0.3, -0.25) is 0 Å². The number of hydrogen-bond donors (Lipinski definition) is 1. The zero-order chi connectivity index (χ0) is 19.9. The average Bonchev–Trinajstić information content (AvgIpc) is 3.07. The second-order valence-electron chi connectivity index (χ2n) is 7.67. The van der Waals surface area contributed by atoms with Gasteiger partial charge in [0.25, 0.3) is 0 Å². The summed E-state index contributed by atoms with van der Waals surface area (Å²) in [5.74, 6) is 3.52. The van der Waals surface area contributed by atoms with Crippen LogP contribution in [-0.2, 0) is 14.2 Å². The Bertz CT molecular complexity index is 638. The molecule has 0 aliphatic carbocycles. The molecular formula is C20H31N3O4. The van der Waals surface area contributed by atoms with E-state index in [1.165, 1.54) is 0 Å². The van der Waals surface area contributed by atoms with E-state index in [0.29, 0.717) is 13.0 Å². The molecule has 7 heteroatoms. The van der Waals surface area contributed by atoms with E-state index in [4.69, 9.17) is 20.6 Å². The van der Waals surface area contributed by atoms with Crippen LogP contribution in [0.1, 0.15) is 71.3 Å². The van der Waals surface area contributed by atoms with Crippen molar-refractivity contribution in [2.24, 2.45) is 0 Å². The van der Waals surface area contributed by atoms with Crippen LogP contribution in [0.2, 0.25) is 0 Å². The van der Waals surface area contributed by atoms with Gasteiger partial charge in [-0.1, -0.05) is 5.92 Å². The average molecular weight is 377 g/mol. The highest BCUT2D eigenvalue weighted by molar-refractivity contribution is 5.67.